The number of imidazole rings is 3. The largest absolute Gasteiger partial charge is 0.382 e. The zero-order chi connectivity index (χ0) is 81.3. The molecular formula is C95H99N19O5. The summed E-state index contributed by atoms with van der Waals surface area (Å²) in [5.74, 6) is 6.93. The summed E-state index contributed by atoms with van der Waals surface area (Å²) in [6, 6.07) is 61.9. The van der Waals surface area contributed by atoms with Crippen molar-refractivity contribution in [2.45, 2.75) is 108 Å². The second-order valence-corrected chi connectivity index (χ2v) is 31.9. The van der Waals surface area contributed by atoms with Gasteiger partial charge in [0, 0.05) is 144 Å². The molecule has 4 fully saturated rings. The van der Waals surface area contributed by atoms with Crippen molar-refractivity contribution in [3.63, 3.8) is 0 Å². The molecule has 9 aromatic heterocycles. The number of amides is 4. The second kappa shape index (κ2) is 35.8. The first-order valence-electron chi connectivity index (χ1n) is 41.7. The van der Waals surface area contributed by atoms with Crippen LogP contribution in [0.5, 0.6) is 0 Å². The molecule has 10 heterocycles. The molecule has 19 rings (SSSR count). The van der Waals surface area contributed by atoms with E-state index in [-0.39, 0.29) is 30.4 Å². The topological polar surface area (TPSA) is 325 Å². The quantitative estimate of drug-likeness (QED) is 0.0395. The van der Waals surface area contributed by atoms with Crippen LogP contribution in [0.4, 0.5) is 22.2 Å². The van der Waals surface area contributed by atoms with Gasteiger partial charge in [0.05, 0.1) is 46.2 Å². The molecule has 119 heavy (non-hydrogen) atoms. The highest BCUT2D eigenvalue weighted by Gasteiger charge is 2.33. The van der Waals surface area contributed by atoms with Gasteiger partial charge in [-0.15, -0.1) is 0 Å². The lowest BCUT2D eigenvalue weighted by molar-refractivity contribution is -0.125. The van der Waals surface area contributed by atoms with Crippen LogP contribution < -0.4 is 38.5 Å². The molecule has 4 amide bonds. The van der Waals surface area contributed by atoms with Gasteiger partial charge >= 0.3 is 6.03 Å². The molecule has 24 nitrogen and oxygen atoms in total. The number of carbonyl (C=O) groups is 3. The zero-order valence-corrected chi connectivity index (χ0v) is 67.1. The van der Waals surface area contributed by atoms with E-state index in [0.717, 1.165) is 224 Å². The molecule has 1 unspecified atom stereocenters. The summed E-state index contributed by atoms with van der Waals surface area (Å²) in [4.78, 5) is 79.7. The molecule has 0 bridgehead atoms. The van der Waals surface area contributed by atoms with Gasteiger partial charge in [0.2, 0.25) is 11.8 Å². The number of rotatable bonds is 19. The number of nitrogens with one attached hydrogen (secondary N) is 4. The summed E-state index contributed by atoms with van der Waals surface area (Å²) in [7, 11) is 1.53. The fourth-order valence-corrected chi connectivity index (χ4v) is 17.7. The number of hydrogen-bond acceptors (Lipinski definition) is 17. The first-order valence-corrected chi connectivity index (χ1v) is 41.7. The van der Waals surface area contributed by atoms with Gasteiger partial charge < -0.3 is 47.9 Å². The maximum atomic E-state index is 12.4. The van der Waals surface area contributed by atoms with Crippen molar-refractivity contribution in [2.24, 2.45) is 23.7 Å². The average molecular weight is 1590 g/mol. The summed E-state index contributed by atoms with van der Waals surface area (Å²) < 4.78 is 16.6. The summed E-state index contributed by atoms with van der Waals surface area (Å²) in [5.41, 5.74) is 36.1. The molecule has 1 saturated heterocycles. The van der Waals surface area contributed by atoms with Crippen LogP contribution in [0.15, 0.2) is 219 Å². The van der Waals surface area contributed by atoms with Gasteiger partial charge in [0.1, 0.15) is 75.2 Å². The van der Waals surface area contributed by atoms with Crippen molar-refractivity contribution in [1.82, 2.24) is 79.3 Å². The fourth-order valence-electron chi connectivity index (χ4n) is 17.7. The number of hydrogen-bond donors (Lipinski definition) is 7. The maximum Gasteiger partial charge on any atom is 0.314 e. The summed E-state index contributed by atoms with van der Waals surface area (Å²) >= 11 is 0. The molecule has 15 aromatic rings. The van der Waals surface area contributed by atoms with E-state index < -0.39 is 0 Å². The predicted molar refractivity (Wildman–Crippen MR) is 469 cm³/mol. The van der Waals surface area contributed by atoms with E-state index in [4.69, 9.17) is 56.6 Å². The Bertz CT molecular complexity index is 5880. The van der Waals surface area contributed by atoms with Crippen LogP contribution in [-0.2, 0) is 19.1 Å². The van der Waals surface area contributed by atoms with E-state index in [2.05, 4.69) is 177 Å². The van der Waals surface area contributed by atoms with Gasteiger partial charge in [0.15, 0.2) is 0 Å². The Hall–Kier alpha value is -13.1. The number of methoxy groups -OCH3 is 1. The minimum absolute atomic E-state index is 0.00958. The van der Waals surface area contributed by atoms with Gasteiger partial charge in [-0.2, -0.15) is 0 Å². The number of pyridine rings is 3. The Balaban J connectivity index is 0.000000128. The molecule has 10 N–H and O–H groups in total. The first kappa shape index (κ1) is 78.5. The third-order valence-corrected chi connectivity index (χ3v) is 24.2. The minimum Gasteiger partial charge on any atom is -0.382 e. The van der Waals surface area contributed by atoms with Crippen molar-refractivity contribution in [2.75, 3.05) is 70.3 Å². The second-order valence-electron chi connectivity index (χ2n) is 31.9. The van der Waals surface area contributed by atoms with E-state index >= 15 is 0 Å². The van der Waals surface area contributed by atoms with Crippen LogP contribution in [0.2, 0.25) is 0 Å². The number of carbonyl (C=O) groups excluding carboxylic acids is 3. The Kier molecular flexibility index (Phi) is 23.6. The molecule has 4 aliphatic rings. The minimum atomic E-state index is -0.0905. The molecule has 0 spiro atoms. The van der Waals surface area contributed by atoms with Crippen molar-refractivity contribution >= 4 is 84.6 Å². The summed E-state index contributed by atoms with van der Waals surface area (Å²) in [6.07, 6.45) is 24.3. The van der Waals surface area contributed by atoms with E-state index in [9.17, 15) is 14.4 Å². The smallest absolute Gasteiger partial charge is 0.314 e. The summed E-state index contributed by atoms with van der Waals surface area (Å²) in [6.45, 7) is 6.03. The number of aromatic nitrogens is 12. The normalized spacial score (nSPS) is 18.6. The van der Waals surface area contributed by atoms with Crippen LogP contribution in [0.1, 0.15) is 126 Å². The highest BCUT2D eigenvalue weighted by atomic mass is 16.5. The maximum absolute atomic E-state index is 12.4. The number of ether oxygens (including phenoxy) is 2. The Labute approximate surface area is 690 Å². The SMILES string of the molecule is CCNC(=O)NCC1CCC(c2nc(-c3ccc4ccc(-c5ccccc5)nc4c3)c3c(N)nccn23)CC1.COCC(=O)NCC1CCC(c2nc(-c3ccc4ccc(-c5ccccc5)nc4c3)c3c(N)nccn23)CC1.Nc1nccn2c(C3CCC(CNC(=O)C4CCOC4)CC3)nc(-c3ccc4ccc(-c5ccccc5)nc4c3)c12. The number of nitrogen functional groups attached to an aromatic ring is 3. The zero-order valence-electron chi connectivity index (χ0n) is 67.1. The van der Waals surface area contributed by atoms with Crippen molar-refractivity contribution in [1.29, 1.82) is 0 Å². The number of nitrogens with zero attached hydrogens (tertiary/aromatic N) is 12. The fraction of sp³-hybridized carbons (Fsp3) is 0.305. The third-order valence-electron chi connectivity index (χ3n) is 24.2. The van der Waals surface area contributed by atoms with Gasteiger partial charge in [-0.25, -0.2) is 49.7 Å². The monoisotopic (exact) mass is 1590 g/mol. The van der Waals surface area contributed by atoms with Crippen LogP contribution in [0.25, 0.3) is 117 Å². The molecule has 604 valence electrons. The standard InChI is InChI=1S/C33H34N6O2.C31H33N7O.C31H32N6O2/c34-31-30-29(25-11-10-23-12-13-27(37-28(23)18-25)22-4-2-1-3-5-22)38-32(39(30)16-15-35-31)24-8-6-21(7-9-24)19-36-33(40)26-14-17-41-20-26;1-2-33-31(39)35-19-20-8-10-23(11-9-20)30-37-27(28-29(32)34-16-17-38(28)30)24-13-12-22-14-15-25(36-26(22)18-24)21-6-4-3-5-7-21;1-39-19-27(38)34-18-20-7-9-23(10-8-20)31-36-28(29-30(32)33-15-16-37(29)31)24-12-11-22-13-14-25(35-26(22)17-24)21-5-3-2-4-6-21/h1-5,10-13,15-16,18,21,24,26H,6-9,14,17,19-20H2,(H2,34,35)(H,36,40);3-7,12-18,20,23H,2,8-11,19H2,1H3,(H2,32,34)(H2,33,35,39);2-6,11-17,20,23H,7-10,18-19H2,1H3,(H2,32,33)(H,34,38). The number of fused-ring (bicyclic) bond motifs is 6. The van der Waals surface area contributed by atoms with Crippen LogP contribution in [-0.4, -0.2) is 129 Å². The van der Waals surface area contributed by atoms with Crippen molar-refractivity contribution in [3.8, 4) is 67.5 Å². The van der Waals surface area contributed by atoms with Gasteiger partial charge in [0.25, 0.3) is 0 Å². The molecule has 24 heteroatoms. The van der Waals surface area contributed by atoms with Gasteiger partial charge in [-0.1, -0.05) is 146 Å². The average Bonchev–Trinajstić information content (AvgIpc) is 1.59. The van der Waals surface area contributed by atoms with E-state index in [0.29, 0.717) is 85.8 Å². The van der Waals surface area contributed by atoms with E-state index in [1.807, 2.05) is 80.1 Å². The highest BCUT2D eigenvalue weighted by molar-refractivity contribution is 5.95. The molecule has 1 atom stereocenters. The molecule has 0 radical (unpaired) electrons. The number of benzene rings is 6. The van der Waals surface area contributed by atoms with Crippen molar-refractivity contribution in [3.05, 3.63) is 237 Å². The van der Waals surface area contributed by atoms with Crippen LogP contribution in [0.3, 0.4) is 0 Å². The Morgan fingerprint density at radius 2 is 0.765 bits per heavy atom. The first-order chi connectivity index (χ1) is 58.3. The summed E-state index contributed by atoms with van der Waals surface area (Å²) in [5, 5.41) is 15.2. The predicted octanol–water partition coefficient (Wildman–Crippen LogP) is 16.6. The molecule has 3 saturated carbocycles. The van der Waals surface area contributed by atoms with Crippen molar-refractivity contribution < 1.29 is 23.9 Å². The Morgan fingerprint density at radius 3 is 1.11 bits per heavy atom. The lowest BCUT2D eigenvalue weighted by atomic mass is 9.81. The number of nitrogens with two attached hydrogens (primary N) is 3. The molecule has 1 aliphatic heterocycles. The molecule has 3 aliphatic carbocycles. The number of urea groups is 1. The van der Waals surface area contributed by atoms with Crippen LogP contribution in [0, 0.1) is 23.7 Å². The molecule has 6 aromatic carbocycles. The lowest BCUT2D eigenvalue weighted by Gasteiger charge is -2.28. The van der Waals surface area contributed by atoms with E-state index in [1.165, 1.54) is 7.11 Å². The van der Waals surface area contributed by atoms with Gasteiger partial charge in [-0.05, 0) is 145 Å². The number of anilines is 3. The third kappa shape index (κ3) is 17.4. The highest BCUT2D eigenvalue weighted by Crippen LogP contribution is 2.44. The lowest BCUT2D eigenvalue weighted by Crippen LogP contribution is -2.38. The van der Waals surface area contributed by atoms with Crippen LogP contribution >= 0.6 is 0 Å². The molecular weight excluding hydrogens is 1490 g/mol. The van der Waals surface area contributed by atoms with E-state index in [1.54, 1.807) is 18.6 Å². The van der Waals surface area contributed by atoms with Gasteiger partial charge in [-0.3, -0.25) is 22.8 Å². The Morgan fingerprint density at radius 1 is 0.412 bits per heavy atom.